The van der Waals surface area contributed by atoms with Crippen LogP contribution in [0.15, 0.2) is 30.3 Å². The number of amides is 1. The molecule has 1 atom stereocenters. The smallest absolute Gasteiger partial charge is 0.241 e. The fourth-order valence-electron chi connectivity index (χ4n) is 4.14. The highest BCUT2D eigenvalue weighted by atomic mass is 32.2. The van der Waals surface area contributed by atoms with Crippen molar-refractivity contribution in [2.45, 2.75) is 37.6 Å². The molecule has 0 radical (unpaired) electrons. The van der Waals surface area contributed by atoms with E-state index >= 15 is 0 Å². The number of carbonyl (C=O) groups excluding carboxylic acids is 1. The molecule has 2 aliphatic rings. The Labute approximate surface area is 165 Å². The van der Waals surface area contributed by atoms with Crippen LogP contribution in [0.25, 0.3) is 11.4 Å². The van der Waals surface area contributed by atoms with Gasteiger partial charge in [0, 0.05) is 31.1 Å². The van der Waals surface area contributed by atoms with E-state index in [0.29, 0.717) is 31.9 Å². The van der Waals surface area contributed by atoms with Gasteiger partial charge in [-0.2, -0.15) is 9.40 Å². The molecular formula is C19H25N5O3S. The lowest BCUT2D eigenvalue weighted by Crippen LogP contribution is -2.49. The van der Waals surface area contributed by atoms with Crippen LogP contribution >= 0.6 is 0 Å². The summed E-state index contributed by atoms with van der Waals surface area (Å²) < 4.78 is 25.2. The highest BCUT2D eigenvalue weighted by Gasteiger charge is 2.39. The van der Waals surface area contributed by atoms with Gasteiger partial charge in [0.2, 0.25) is 15.9 Å². The summed E-state index contributed by atoms with van der Waals surface area (Å²) in [5, 5.41) is 7.37. The van der Waals surface area contributed by atoms with Gasteiger partial charge >= 0.3 is 0 Å². The first kappa shape index (κ1) is 19.1. The molecule has 1 amide bonds. The molecule has 0 aliphatic carbocycles. The highest BCUT2D eigenvalue weighted by Crippen LogP contribution is 2.29. The molecule has 2 fully saturated rings. The maximum Gasteiger partial charge on any atom is 0.241 e. The minimum absolute atomic E-state index is 0.0658. The number of nitrogens with one attached hydrogen (secondary N) is 1. The van der Waals surface area contributed by atoms with Crippen LogP contribution in [-0.2, 0) is 14.8 Å². The van der Waals surface area contributed by atoms with Crippen molar-refractivity contribution in [1.82, 2.24) is 24.4 Å². The summed E-state index contributed by atoms with van der Waals surface area (Å²) in [4.78, 5) is 19.3. The van der Waals surface area contributed by atoms with Crippen molar-refractivity contribution < 1.29 is 13.2 Å². The Balaban J connectivity index is 1.39. The van der Waals surface area contributed by atoms with Gasteiger partial charge in [-0.3, -0.25) is 9.89 Å². The van der Waals surface area contributed by atoms with Gasteiger partial charge in [-0.05, 0) is 25.7 Å². The normalized spacial score (nSPS) is 21.9. The largest absolute Gasteiger partial charge is 0.341 e. The fourth-order valence-corrected chi connectivity index (χ4v) is 5.26. The summed E-state index contributed by atoms with van der Waals surface area (Å²) in [5.41, 5.74) is 0.972. The molecular weight excluding hydrogens is 378 g/mol. The van der Waals surface area contributed by atoms with E-state index in [9.17, 15) is 13.2 Å². The average Bonchev–Trinajstić information content (AvgIpc) is 3.38. The van der Waals surface area contributed by atoms with Crippen molar-refractivity contribution in [3.05, 3.63) is 36.2 Å². The van der Waals surface area contributed by atoms with Gasteiger partial charge in [0.15, 0.2) is 5.82 Å². The van der Waals surface area contributed by atoms with E-state index in [0.717, 1.165) is 30.7 Å². The van der Waals surface area contributed by atoms with Crippen LogP contribution in [0, 0.1) is 0 Å². The molecule has 0 saturated carbocycles. The van der Waals surface area contributed by atoms with Crippen LogP contribution in [0.4, 0.5) is 0 Å². The third kappa shape index (κ3) is 3.81. The first-order chi connectivity index (χ1) is 13.4. The fraction of sp³-hybridized carbons (Fsp3) is 0.526. The molecule has 28 heavy (non-hydrogen) atoms. The van der Waals surface area contributed by atoms with Crippen LogP contribution in [0.2, 0.25) is 0 Å². The van der Waals surface area contributed by atoms with Gasteiger partial charge in [0.1, 0.15) is 11.9 Å². The number of aromatic nitrogens is 3. The van der Waals surface area contributed by atoms with Crippen LogP contribution in [0.1, 0.15) is 37.4 Å². The summed E-state index contributed by atoms with van der Waals surface area (Å²) in [6.45, 7) is 1.66. The molecule has 9 heteroatoms. The number of sulfonamides is 1. The first-order valence-corrected chi connectivity index (χ1v) is 11.5. The van der Waals surface area contributed by atoms with Crippen molar-refractivity contribution in [2.75, 3.05) is 25.9 Å². The van der Waals surface area contributed by atoms with Crippen LogP contribution in [0.5, 0.6) is 0 Å². The zero-order valence-electron chi connectivity index (χ0n) is 15.9. The molecule has 150 valence electrons. The third-order valence-electron chi connectivity index (χ3n) is 5.64. The van der Waals surface area contributed by atoms with Crippen molar-refractivity contribution in [3.63, 3.8) is 0 Å². The number of piperidine rings is 1. The second-order valence-electron chi connectivity index (χ2n) is 7.54. The molecule has 8 nitrogen and oxygen atoms in total. The number of benzene rings is 1. The van der Waals surface area contributed by atoms with Gasteiger partial charge in [-0.25, -0.2) is 13.4 Å². The number of carbonyl (C=O) groups is 1. The van der Waals surface area contributed by atoms with E-state index in [1.165, 1.54) is 10.6 Å². The zero-order valence-corrected chi connectivity index (χ0v) is 16.7. The average molecular weight is 404 g/mol. The lowest BCUT2D eigenvalue weighted by molar-refractivity contribution is -0.135. The third-order valence-corrected chi connectivity index (χ3v) is 6.93. The van der Waals surface area contributed by atoms with Gasteiger partial charge in [-0.15, -0.1) is 0 Å². The van der Waals surface area contributed by atoms with Crippen molar-refractivity contribution in [1.29, 1.82) is 0 Å². The predicted octanol–water partition coefficient (Wildman–Crippen LogP) is 1.60. The number of H-pyrrole nitrogens is 1. The topological polar surface area (TPSA) is 99.3 Å². The van der Waals surface area contributed by atoms with Gasteiger partial charge in [0.25, 0.3) is 0 Å². The van der Waals surface area contributed by atoms with Crippen LogP contribution in [0.3, 0.4) is 0 Å². The molecule has 1 N–H and O–H groups in total. The quantitative estimate of drug-likeness (QED) is 0.836. The van der Waals surface area contributed by atoms with Crippen LogP contribution < -0.4 is 0 Å². The van der Waals surface area contributed by atoms with Gasteiger partial charge in [0.05, 0.1) is 6.26 Å². The van der Waals surface area contributed by atoms with Crippen molar-refractivity contribution in [3.8, 4) is 11.4 Å². The Morgan fingerprint density at radius 2 is 1.82 bits per heavy atom. The lowest BCUT2D eigenvalue weighted by atomic mass is 9.95. The number of hydrogen-bond acceptors (Lipinski definition) is 5. The number of nitrogens with zero attached hydrogens (tertiary/aromatic N) is 4. The van der Waals surface area contributed by atoms with E-state index in [-0.39, 0.29) is 11.8 Å². The molecule has 1 aromatic heterocycles. The first-order valence-electron chi connectivity index (χ1n) is 9.67. The second kappa shape index (κ2) is 7.63. The molecule has 1 aromatic carbocycles. The molecule has 0 unspecified atom stereocenters. The lowest BCUT2D eigenvalue weighted by Gasteiger charge is -2.34. The Morgan fingerprint density at radius 3 is 2.50 bits per heavy atom. The molecule has 2 saturated heterocycles. The standard InChI is InChI=1S/C19H25N5O3S/c1-28(26,27)24-11-5-8-16(24)19(25)23-12-9-15(10-13-23)18-20-17(21-22-18)14-6-3-2-4-7-14/h2-4,6-7,15-16H,5,8-13H2,1H3,(H,20,21,22)/t16-/m0/s1. The minimum atomic E-state index is -3.35. The van der Waals surface area contributed by atoms with E-state index in [2.05, 4.69) is 15.2 Å². The van der Waals surface area contributed by atoms with Crippen molar-refractivity contribution in [2.24, 2.45) is 0 Å². The number of likely N-dealkylation sites (tertiary alicyclic amines) is 1. The van der Waals surface area contributed by atoms with Crippen LogP contribution in [-0.4, -0.2) is 70.6 Å². The Hall–Kier alpha value is -2.26. The number of aromatic amines is 1. The van der Waals surface area contributed by atoms with Crippen molar-refractivity contribution >= 4 is 15.9 Å². The highest BCUT2D eigenvalue weighted by molar-refractivity contribution is 7.88. The summed E-state index contributed by atoms with van der Waals surface area (Å²) in [6, 6.07) is 9.28. The van der Waals surface area contributed by atoms with E-state index in [1.807, 2.05) is 30.3 Å². The van der Waals surface area contributed by atoms with Gasteiger partial charge < -0.3 is 4.90 Å². The molecule has 3 heterocycles. The number of hydrogen-bond donors (Lipinski definition) is 1. The molecule has 2 aliphatic heterocycles. The Bertz CT molecular complexity index is 935. The zero-order chi connectivity index (χ0) is 19.7. The van der Waals surface area contributed by atoms with E-state index in [4.69, 9.17) is 0 Å². The summed E-state index contributed by atoms with van der Waals surface area (Å²) in [6.07, 6.45) is 4.11. The Morgan fingerprint density at radius 1 is 1.11 bits per heavy atom. The van der Waals surface area contributed by atoms with Gasteiger partial charge in [-0.1, -0.05) is 30.3 Å². The maximum absolute atomic E-state index is 12.9. The second-order valence-corrected chi connectivity index (χ2v) is 9.48. The number of rotatable bonds is 4. The SMILES string of the molecule is CS(=O)(=O)N1CCC[C@H]1C(=O)N1CCC(c2nc(-c3ccccc3)n[nH]2)CC1. The maximum atomic E-state index is 12.9. The monoisotopic (exact) mass is 403 g/mol. The molecule has 4 rings (SSSR count). The molecule has 2 aromatic rings. The molecule has 0 bridgehead atoms. The summed E-state index contributed by atoms with van der Waals surface area (Å²) >= 11 is 0. The predicted molar refractivity (Wildman–Crippen MR) is 105 cm³/mol. The minimum Gasteiger partial charge on any atom is -0.341 e. The van der Waals surface area contributed by atoms with E-state index < -0.39 is 16.1 Å². The summed E-state index contributed by atoms with van der Waals surface area (Å²) in [7, 11) is -3.35. The van der Waals surface area contributed by atoms with E-state index in [1.54, 1.807) is 4.90 Å². The Kier molecular flexibility index (Phi) is 5.20. The summed E-state index contributed by atoms with van der Waals surface area (Å²) in [5.74, 6) is 1.70. The molecule has 0 spiro atoms.